The maximum atomic E-state index is 9.15. The predicted molar refractivity (Wildman–Crippen MR) is 92.2 cm³/mol. The van der Waals surface area contributed by atoms with E-state index in [0.717, 1.165) is 22.3 Å². The Morgan fingerprint density at radius 1 is 1.14 bits per heavy atom. The average molecular weight is 309 g/mol. The first kappa shape index (κ1) is 14.7. The molecule has 0 aliphatic heterocycles. The molecule has 1 N–H and O–H groups in total. The second kappa shape index (κ2) is 5.87. The van der Waals surface area contributed by atoms with E-state index < -0.39 is 0 Å². The third kappa shape index (κ3) is 2.49. The molecule has 0 unspecified atom stereocenters. The van der Waals surface area contributed by atoms with Crippen molar-refractivity contribution in [1.29, 1.82) is 5.26 Å². The van der Waals surface area contributed by atoms with Crippen LogP contribution >= 0.6 is 11.6 Å². The minimum absolute atomic E-state index is 0.365. The van der Waals surface area contributed by atoms with Gasteiger partial charge >= 0.3 is 0 Å². The van der Waals surface area contributed by atoms with Crippen LogP contribution in [0.15, 0.2) is 42.5 Å². The fraction of sp³-hybridized carbons (Fsp3) is 0.211. The number of hydrogen-bond donors (Lipinski definition) is 1. The van der Waals surface area contributed by atoms with E-state index in [1.54, 1.807) is 0 Å². The van der Waals surface area contributed by atoms with Gasteiger partial charge in [-0.3, -0.25) is 0 Å². The number of nitrogens with one attached hydrogen (secondary N) is 1. The summed E-state index contributed by atoms with van der Waals surface area (Å²) in [4.78, 5) is 3.47. The Labute approximate surface area is 135 Å². The zero-order valence-electron chi connectivity index (χ0n) is 12.7. The van der Waals surface area contributed by atoms with E-state index in [-0.39, 0.29) is 0 Å². The van der Waals surface area contributed by atoms with Crippen LogP contribution < -0.4 is 0 Å². The second-order valence-corrected chi connectivity index (χ2v) is 6.18. The largest absolute Gasteiger partial charge is 0.357 e. The van der Waals surface area contributed by atoms with E-state index in [1.165, 1.54) is 10.9 Å². The van der Waals surface area contributed by atoms with Crippen molar-refractivity contribution < 1.29 is 0 Å². The van der Waals surface area contributed by atoms with Crippen molar-refractivity contribution in [2.75, 3.05) is 0 Å². The van der Waals surface area contributed by atoms with Crippen molar-refractivity contribution in [2.24, 2.45) is 0 Å². The van der Waals surface area contributed by atoms with Crippen LogP contribution in [0.1, 0.15) is 31.0 Å². The second-order valence-electron chi connectivity index (χ2n) is 5.74. The lowest BCUT2D eigenvalue weighted by Crippen LogP contribution is -1.88. The maximum Gasteiger partial charge on any atom is 0.0759 e. The molecule has 0 radical (unpaired) electrons. The molecule has 22 heavy (non-hydrogen) atoms. The third-order valence-corrected chi connectivity index (χ3v) is 4.21. The first-order chi connectivity index (χ1) is 10.6. The number of aromatic amines is 1. The minimum atomic E-state index is 0.365. The topological polar surface area (TPSA) is 39.6 Å². The number of para-hydroxylation sites is 1. The van der Waals surface area contributed by atoms with Crippen molar-refractivity contribution >= 4 is 22.5 Å². The quantitative estimate of drug-likeness (QED) is 0.664. The van der Waals surface area contributed by atoms with E-state index in [4.69, 9.17) is 16.9 Å². The van der Waals surface area contributed by atoms with Gasteiger partial charge in [-0.2, -0.15) is 5.26 Å². The zero-order chi connectivity index (χ0) is 15.7. The Morgan fingerprint density at radius 3 is 2.50 bits per heavy atom. The number of hydrogen-bond acceptors (Lipinski definition) is 1. The summed E-state index contributed by atoms with van der Waals surface area (Å²) in [6.45, 7) is 4.36. The molecular weight excluding hydrogens is 292 g/mol. The normalized spacial score (nSPS) is 11.0. The Kier molecular flexibility index (Phi) is 3.92. The van der Waals surface area contributed by atoms with E-state index in [9.17, 15) is 0 Å². The van der Waals surface area contributed by atoms with Gasteiger partial charge in [0.05, 0.1) is 12.5 Å². The summed E-state index contributed by atoms with van der Waals surface area (Å²) in [5.41, 5.74) is 5.56. The summed E-state index contributed by atoms with van der Waals surface area (Å²) in [5.74, 6) is 0.426. The summed E-state index contributed by atoms with van der Waals surface area (Å²) in [7, 11) is 0. The Morgan fingerprint density at radius 2 is 1.86 bits per heavy atom. The Balaban J connectivity index is 2.32. The van der Waals surface area contributed by atoms with E-state index in [1.807, 2.05) is 24.3 Å². The lowest BCUT2D eigenvalue weighted by molar-refractivity contribution is 0.873. The molecule has 3 aromatic rings. The number of fused-ring (bicyclic) bond motifs is 1. The molecule has 2 aromatic carbocycles. The molecule has 1 heterocycles. The highest BCUT2D eigenvalue weighted by Gasteiger charge is 2.16. The van der Waals surface area contributed by atoms with E-state index in [2.05, 4.69) is 43.1 Å². The summed E-state index contributed by atoms with van der Waals surface area (Å²) < 4.78 is 0. The molecule has 2 nitrogen and oxygen atoms in total. The maximum absolute atomic E-state index is 9.15. The lowest BCUT2D eigenvalue weighted by atomic mass is 9.96. The molecule has 0 amide bonds. The minimum Gasteiger partial charge on any atom is -0.357 e. The first-order valence-electron chi connectivity index (χ1n) is 7.38. The molecule has 0 bridgehead atoms. The first-order valence-corrected chi connectivity index (χ1v) is 7.76. The summed E-state index contributed by atoms with van der Waals surface area (Å²) >= 11 is 6.00. The molecule has 0 aliphatic rings. The Bertz CT molecular complexity index is 852. The molecule has 0 atom stereocenters. The standard InChI is InChI=1S/C19H17ClN2/c1-12(2)15-4-3-5-16-18(13-6-8-14(20)9-7-13)17(10-11-21)22-19(15)16/h3-9,12,22H,10H2,1-2H3. The van der Waals surface area contributed by atoms with Crippen LogP contribution in [0.5, 0.6) is 0 Å². The van der Waals surface area contributed by atoms with Gasteiger partial charge in [0, 0.05) is 27.2 Å². The molecule has 0 spiro atoms. The van der Waals surface area contributed by atoms with Gasteiger partial charge in [0.25, 0.3) is 0 Å². The van der Waals surface area contributed by atoms with Crippen molar-refractivity contribution in [3.8, 4) is 17.2 Å². The highest BCUT2D eigenvalue weighted by molar-refractivity contribution is 6.30. The summed E-state index contributed by atoms with van der Waals surface area (Å²) in [5, 5.41) is 11.0. The number of aromatic nitrogens is 1. The number of H-pyrrole nitrogens is 1. The molecule has 0 saturated heterocycles. The number of benzene rings is 2. The van der Waals surface area contributed by atoms with Crippen LogP contribution in [-0.4, -0.2) is 4.98 Å². The monoisotopic (exact) mass is 308 g/mol. The smallest absolute Gasteiger partial charge is 0.0759 e. The van der Waals surface area contributed by atoms with Crippen LogP contribution in [0, 0.1) is 11.3 Å². The molecule has 0 saturated carbocycles. The van der Waals surface area contributed by atoms with Crippen molar-refractivity contribution in [3.05, 3.63) is 58.7 Å². The molecular formula is C19H17ClN2. The van der Waals surface area contributed by atoms with Crippen molar-refractivity contribution in [3.63, 3.8) is 0 Å². The molecule has 3 heteroatoms. The van der Waals surface area contributed by atoms with Gasteiger partial charge in [0.1, 0.15) is 0 Å². The number of rotatable bonds is 3. The van der Waals surface area contributed by atoms with Gasteiger partial charge in [-0.1, -0.05) is 55.8 Å². The van der Waals surface area contributed by atoms with E-state index in [0.29, 0.717) is 17.4 Å². The summed E-state index contributed by atoms with van der Waals surface area (Å²) in [6, 6.07) is 16.4. The molecule has 0 fully saturated rings. The van der Waals surface area contributed by atoms with Crippen molar-refractivity contribution in [2.45, 2.75) is 26.2 Å². The predicted octanol–water partition coefficient (Wildman–Crippen LogP) is 5.68. The van der Waals surface area contributed by atoms with Crippen LogP contribution in [0.25, 0.3) is 22.0 Å². The number of nitriles is 1. The summed E-state index contributed by atoms with van der Waals surface area (Å²) in [6.07, 6.45) is 0.365. The Hall–Kier alpha value is -2.24. The molecule has 1 aromatic heterocycles. The fourth-order valence-corrected chi connectivity index (χ4v) is 3.06. The van der Waals surface area contributed by atoms with Crippen LogP contribution in [0.3, 0.4) is 0 Å². The van der Waals surface area contributed by atoms with Gasteiger partial charge in [0.15, 0.2) is 0 Å². The third-order valence-electron chi connectivity index (χ3n) is 3.95. The van der Waals surface area contributed by atoms with Gasteiger partial charge < -0.3 is 4.98 Å². The highest BCUT2D eigenvalue weighted by atomic mass is 35.5. The number of nitrogens with zero attached hydrogens (tertiary/aromatic N) is 1. The van der Waals surface area contributed by atoms with Crippen LogP contribution in [0.4, 0.5) is 0 Å². The van der Waals surface area contributed by atoms with Gasteiger partial charge in [-0.25, -0.2) is 0 Å². The molecule has 3 rings (SSSR count). The zero-order valence-corrected chi connectivity index (χ0v) is 13.4. The van der Waals surface area contributed by atoms with Gasteiger partial charge in [-0.15, -0.1) is 0 Å². The fourth-order valence-electron chi connectivity index (χ4n) is 2.93. The van der Waals surface area contributed by atoms with Gasteiger partial charge in [0.2, 0.25) is 0 Å². The lowest BCUT2D eigenvalue weighted by Gasteiger charge is -2.07. The SMILES string of the molecule is CC(C)c1cccc2c(-c3ccc(Cl)cc3)c(CC#N)[nH]c12. The van der Waals surface area contributed by atoms with Crippen molar-refractivity contribution in [1.82, 2.24) is 4.98 Å². The van der Waals surface area contributed by atoms with Gasteiger partial charge in [-0.05, 0) is 29.2 Å². The van der Waals surface area contributed by atoms with Crippen LogP contribution in [0.2, 0.25) is 5.02 Å². The number of halogens is 1. The highest BCUT2D eigenvalue weighted by Crippen LogP contribution is 2.36. The molecule has 110 valence electrons. The average Bonchev–Trinajstić information content (AvgIpc) is 2.86. The molecule has 0 aliphatic carbocycles. The van der Waals surface area contributed by atoms with E-state index >= 15 is 0 Å². The van der Waals surface area contributed by atoms with Crippen LogP contribution in [-0.2, 0) is 6.42 Å².